The highest BCUT2D eigenvalue weighted by atomic mass is 19.4. The number of rotatable bonds is 4. The van der Waals surface area contributed by atoms with Gasteiger partial charge in [-0.25, -0.2) is 0 Å². The van der Waals surface area contributed by atoms with Crippen molar-refractivity contribution in [2.75, 3.05) is 13.2 Å². The summed E-state index contributed by atoms with van der Waals surface area (Å²) in [5.41, 5.74) is -1.31. The van der Waals surface area contributed by atoms with Gasteiger partial charge in [0.25, 0.3) is 5.91 Å². The molecule has 0 unspecified atom stereocenters. The Kier molecular flexibility index (Phi) is 4.41. The molecule has 0 bridgehead atoms. The van der Waals surface area contributed by atoms with Gasteiger partial charge in [-0.15, -0.1) is 0 Å². The molecule has 1 amide bonds. The van der Waals surface area contributed by atoms with Crippen LogP contribution in [0.15, 0.2) is 18.5 Å². The number of alkyl halides is 3. The first-order valence-corrected chi connectivity index (χ1v) is 7.39. The molecule has 2 atom stereocenters. The predicted molar refractivity (Wildman–Crippen MR) is 77.9 cm³/mol. The highest BCUT2D eigenvalue weighted by Crippen LogP contribution is 2.28. The molecule has 11 heteroatoms. The monoisotopic (exact) mass is 359 g/mol. The van der Waals surface area contributed by atoms with Crippen LogP contribution in [0.1, 0.15) is 16.2 Å². The summed E-state index contributed by atoms with van der Waals surface area (Å²) in [5.74, 6) is -0.169. The predicted octanol–water partition coefficient (Wildman–Crippen LogP) is 0.749. The number of nitrogens with zero attached hydrogens (tertiary/aromatic N) is 4. The van der Waals surface area contributed by atoms with Crippen LogP contribution in [0.5, 0.6) is 5.75 Å². The van der Waals surface area contributed by atoms with Gasteiger partial charge in [0.1, 0.15) is 11.8 Å². The van der Waals surface area contributed by atoms with Gasteiger partial charge in [0.15, 0.2) is 11.4 Å². The Hall–Kier alpha value is -2.56. The molecule has 1 saturated heterocycles. The number of aromatic nitrogens is 4. The molecule has 1 aliphatic heterocycles. The van der Waals surface area contributed by atoms with Gasteiger partial charge in [0, 0.05) is 20.2 Å². The van der Waals surface area contributed by atoms with Crippen molar-refractivity contribution in [1.29, 1.82) is 0 Å². The second-order valence-electron chi connectivity index (χ2n) is 5.66. The molecule has 1 aliphatic rings. The van der Waals surface area contributed by atoms with Crippen molar-refractivity contribution < 1.29 is 27.4 Å². The second kappa shape index (κ2) is 6.39. The Morgan fingerprint density at radius 1 is 1.40 bits per heavy atom. The molecule has 2 aromatic heterocycles. The van der Waals surface area contributed by atoms with E-state index in [4.69, 9.17) is 9.47 Å². The summed E-state index contributed by atoms with van der Waals surface area (Å²) in [4.78, 5) is 12.3. The molecule has 3 heterocycles. The Bertz CT molecular complexity index is 770. The summed E-state index contributed by atoms with van der Waals surface area (Å²) in [5, 5.41) is 9.93. The maximum Gasteiger partial charge on any atom is 0.435 e. The molecule has 25 heavy (non-hydrogen) atoms. The zero-order valence-corrected chi connectivity index (χ0v) is 13.4. The SMILES string of the molecule is Cn1cc(O[C@@H]2COC[C@@H]2NC(=O)c2cc(C(F)(F)F)nn2C)cn1. The third-order valence-electron chi connectivity index (χ3n) is 3.72. The first-order chi connectivity index (χ1) is 11.7. The standard InChI is InChI=1S/C14H16F3N5O3/c1-21-5-8(4-18-21)25-11-7-24-6-9(11)19-13(23)10-3-12(14(15,16)17)20-22(10)2/h3-5,9,11H,6-7H2,1-2H3,(H,19,23)/t9-,11+/m0/s1. The molecular weight excluding hydrogens is 343 g/mol. The van der Waals surface area contributed by atoms with Gasteiger partial charge in [-0.05, 0) is 0 Å². The Labute approximate surface area is 140 Å². The maximum absolute atomic E-state index is 12.7. The van der Waals surface area contributed by atoms with Crippen molar-refractivity contribution in [3.8, 4) is 5.75 Å². The van der Waals surface area contributed by atoms with Gasteiger partial charge in [-0.1, -0.05) is 0 Å². The molecule has 2 aromatic rings. The minimum Gasteiger partial charge on any atom is -0.482 e. The van der Waals surface area contributed by atoms with E-state index >= 15 is 0 Å². The van der Waals surface area contributed by atoms with Crippen LogP contribution >= 0.6 is 0 Å². The summed E-state index contributed by atoms with van der Waals surface area (Å²) in [7, 11) is 3.01. The zero-order chi connectivity index (χ0) is 18.2. The van der Waals surface area contributed by atoms with Crippen LogP contribution in [0.25, 0.3) is 0 Å². The number of ether oxygens (including phenoxy) is 2. The largest absolute Gasteiger partial charge is 0.482 e. The van der Waals surface area contributed by atoms with E-state index in [0.717, 1.165) is 4.68 Å². The molecule has 136 valence electrons. The van der Waals surface area contributed by atoms with Gasteiger partial charge in [0.2, 0.25) is 0 Å². The molecule has 3 rings (SSSR count). The van der Waals surface area contributed by atoms with Crippen molar-refractivity contribution in [2.24, 2.45) is 14.1 Å². The maximum atomic E-state index is 12.7. The highest BCUT2D eigenvalue weighted by molar-refractivity contribution is 5.93. The smallest absolute Gasteiger partial charge is 0.435 e. The summed E-state index contributed by atoms with van der Waals surface area (Å²) >= 11 is 0. The summed E-state index contributed by atoms with van der Waals surface area (Å²) in [6, 6.07) is 0.208. The zero-order valence-electron chi connectivity index (χ0n) is 13.4. The second-order valence-corrected chi connectivity index (χ2v) is 5.66. The van der Waals surface area contributed by atoms with Crippen molar-refractivity contribution in [1.82, 2.24) is 24.9 Å². The lowest BCUT2D eigenvalue weighted by Crippen LogP contribution is -2.45. The van der Waals surface area contributed by atoms with Crippen LogP contribution in [0, 0.1) is 0 Å². The minimum atomic E-state index is -4.61. The first kappa shape index (κ1) is 17.3. The summed E-state index contributed by atoms with van der Waals surface area (Å²) < 4.78 is 51.6. The third kappa shape index (κ3) is 3.76. The topological polar surface area (TPSA) is 83.2 Å². The van der Waals surface area contributed by atoms with E-state index in [1.165, 1.54) is 13.2 Å². The lowest BCUT2D eigenvalue weighted by Gasteiger charge is -2.19. The average Bonchev–Trinajstić information content (AvgIpc) is 3.21. The molecule has 0 aromatic carbocycles. The lowest BCUT2D eigenvalue weighted by molar-refractivity contribution is -0.141. The fourth-order valence-electron chi connectivity index (χ4n) is 2.48. The molecule has 1 N–H and O–H groups in total. The molecular formula is C14H16F3N5O3. The lowest BCUT2D eigenvalue weighted by atomic mass is 10.2. The van der Waals surface area contributed by atoms with Crippen molar-refractivity contribution in [2.45, 2.75) is 18.3 Å². The Morgan fingerprint density at radius 3 is 2.76 bits per heavy atom. The van der Waals surface area contributed by atoms with Crippen LogP contribution in [0.3, 0.4) is 0 Å². The molecule has 8 nitrogen and oxygen atoms in total. The fraction of sp³-hybridized carbons (Fsp3) is 0.500. The van der Waals surface area contributed by atoms with Crippen LogP contribution in [-0.2, 0) is 25.0 Å². The number of amides is 1. The van der Waals surface area contributed by atoms with Crippen molar-refractivity contribution >= 4 is 5.91 Å². The third-order valence-corrected chi connectivity index (χ3v) is 3.72. The van der Waals surface area contributed by atoms with E-state index in [9.17, 15) is 18.0 Å². The van der Waals surface area contributed by atoms with Gasteiger partial charge in [0.05, 0.1) is 31.6 Å². The fourth-order valence-corrected chi connectivity index (χ4v) is 2.48. The van der Waals surface area contributed by atoms with Gasteiger partial charge in [-0.3, -0.25) is 14.2 Å². The van der Waals surface area contributed by atoms with E-state index < -0.39 is 29.9 Å². The number of hydrogen-bond donors (Lipinski definition) is 1. The van der Waals surface area contributed by atoms with Crippen LogP contribution in [0.2, 0.25) is 0 Å². The van der Waals surface area contributed by atoms with E-state index in [0.29, 0.717) is 11.8 Å². The number of hydrogen-bond acceptors (Lipinski definition) is 5. The van der Waals surface area contributed by atoms with E-state index in [1.54, 1.807) is 17.9 Å². The van der Waals surface area contributed by atoms with Crippen molar-refractivity contribution in [3.05, 3.63) is 29.8 Å². The summed E-state index contributed by atoms with van der Waals surface area (Å²) in [6.07, 6.45) is -1.90. The molecule has 0 aliphatic carbocycles. The van der Waals surface area contributed by atoms with Crippen LogP contribution in [0.4, 0.5) is 13.2 Å². The number of aryl methyl sites for hydroxylation is 2. The van der Waals surface area contributed by atoms with Gasteiger partial charge < -0.3 is 14.8 Å². The van der Waals surface area contributed by atoms with Crippen LogP contribution < -0.4 is 10.1 Å². The van der Waals surface area contributed by atoms with Gasteiger partial charge in [-0.2, -0.15) is 23.4 Å². The quantitative estimate of drug-likeness (QED) is 0.871. The van der Waals surface area contributed by atoms with E-state index in [2.05, 4.69) is 15.5 Å². The molecule has 0 spiro atoms. The Balaban J connectivity index is 1.68. The van der Waals surface area contributed by atoms with Crippen LogP contribution in [-0.4, -0.2) is 50.8 Å². The first-order valence-electron chi connectivity index (χ1n) is 7.39. The minimum absolute atomic E-state index is 0.195. The van der Waals surface area contributed by atoms with Gasteiger partial charge >= 0.3 is 6.18 Å². The normalized spacial score (nSPS) is 20.7. The number of carbonyl (C=O) groups is 1. The van der Waals surface area contributed by atoms with E-state index in [1.807, 2.05) is 0 Å². The van der Waals surface area contributed by atoms with Crippen molar-refractivity contribution in [3.63, 3.8) is 0 Å². The Morgan fingerprint density at radius 2 is 2.16 bits per heavy atom. The van der Waals surface area contributed by atoms with E-state index in [-0.39, 0.29) is 18.9 Å². The summed E-state index contributed by atoms with van der Waals surface area (Å²) in [6.45, 7) is 0.444. The number of nitrogens with one attached hydrogen (secondary N) is 1. The average molecular weight is 359 g/mol. The molecule has 0 radical (unpaired) electrons. The molecule has 0 saturated carbocycles. The number of halogens is 3. The molecule has 1 fully saturated rings. The number of carbonyl (C=O) groups excluding carboxylic acids is 1. The highest BCUT2D eigenvalue weighted by Gasteiger charge is 2.37.